The molecule has 6 heteroatoms. The van der Waals surface area contributed by atoms with Crippen LogP contribution in [0.2, 0.25) is 0 Å². The largest absolute Gasteiger partial charge is 0.379 e. The minimum atomic E-state index is -4.10. The fourth-order valence-corrected chi connectivity index (χ4v) is 4.43. The quantitative estimate of drug-likeness (QED) is 0.312. The Balaban J connectivity index is 0.000000467. The Morgan fingerprint density at radius 2 is 1.40 bits per heavy atom. The van der Waals surface area contributed by atoms with Gasteiger partial charge in [-0.05, 0) is 31.0 Å². The molecular weight excluding hydrogens is 398 g/mol. The smallest absolute Gasteiger partial charge is 0.294 e. The Morgan fingerprint density at radius 3 is 1.90 bits per heavy atom. The zero-order chi connectivity index (χ0) is 22.1. The van der Waals surface area contributed by atoms with Gasteiger partial charge in [-0.3, -0.25) is 9.45 Å². The minimum Gasteiger partial charge on any atom is -0.379 e. The molecule has 1 aromatic carbocycles. The number of morpholine rings is 1. The van der Waals surface area contributed by atoms with Crippen molar-refractivity contribution in [3.05, 3.63) is 29.8 Å². The summed E-state index contributed by atoms with van der Waals surface area (Å²) in [6.45, 7) is 9.68. The lowest BCUT2D eigenvalue weighted by Crippen LogP contribution is -2.35. The lowest BCUT2D eigenvalue weighted by Gasteiger charge is -2.24. The van der Waals surface area contributed by atoms with Gasteiger partial charge >= 0.3 is 0 Å². The van der Waals surface area contributed by atoms with E-state index in [4.69, 9.17) is 4.74 Å². The zero-order valence-electron chi connectivity index (χ0n) is 19.2. The van der Waals surface area contributed by atoms with Crippen molar-refractivity contribution >= 4 is 10.1 Å². The average molecular weight is 442 g/mol. The molecule has 1 heterocycles. The van der Waals surface area contributed by atoms with E-state index >= 15 is 0 Å². The molecule has 0 aromatic heterocycles. The van der Waals surface area contributed by atoms with Crippen molar-refractivity contribution in [1.82, 2.24) is 4.90 Å². The highest BCUT2D eigenvalue weighted by atomic mass is 32.2. The maximum atomic E-state index is 11.3. The number of likely N-dealkylation sites (N-methyl/N-ethyl adjacent to an activating group) is 1. The van der Waals surface area contributed by atoms with E-state index in [1.807, 2.05) is 6.07 Å². The summed E-state index contributed by atoms with van der Waals surface area (Å²) >= 11 is 0. The molecule has 0 unspecified atom stereocenters. The molecule has 0 amide bonds. The van der Waals surface area contributed by atoms with Crippen molar-refractivity contribution in [3.8, 4) is 0 Å². The van der Waals surface area contributed by atoms with Crippen LogP contribution >= 0.6 is 0 Å². The van der Waals surface area contributed by atoms with Gasteiger partial charge in [-0.25, -0.2) is 0 Å². The molecule has 1 aromatic rings. The van der Waals surface area contributed by atoms with Crippen LogP contribution in [-0.4, -0.2) is 50.7 Å². The summed E-state index contributed by atoms with van der Waals surface area (Å²) in [6, 6.07) is 6.73. The summed E-state index contributed by atoms with van der Waals surface area (Å²) in [4.78, 5) is 2.45. The first kappa shape index (κ1) is 27.1. The molecule has 0 radical (unpaired) electrons. The van der Waals surface area contributed by atoms with Gasteiger partial charge in [0.05, 0.1) is 18.1 Å². The van der Waals surface area contributed by atoms with Crippen LogP contribution in [0.4, 0.5) is 0 Å². The first-order valence-electron chi connectivity index (χ1n) is 11.8. The van der Waals surface area contributed by atoms with Crippen LogP contribution < -0.4 is 0 Å². The molecule has 174 valence electrons. The molecule has 1 aliphatic heterocycles. The Morgan fingerprint density at radius 1 is 0.867 bits per heavy atom. The molecule has 5 nitrogen and oxygen atoms in total. The summed E-state index contributed by atoms with van der Waals surface area (Å²) < 4.78 is 36.9. The number of ether oxygens (including phenoxy) is 1. The summed E-state index contributed by atoms with van der Waals surface area (Å²) in [5.74, 6) is 0. The van der Waals surface area contributed by atoms with E-state index in [2.05, 4.69) is 18.7 Å². The van der Waals surface area contributed by atoms with E-state index in [1.54, 1.807) is 12.1 Å². The summed E-state index contributed by atoms with van der Waals surface area (Å²) in [6.07, 6.45) is 13.3. The molecule has 1 N–H and O–H groups in total. The van der Waals surface area contributed by atoms with E-state index < -0.39 is 10.1 Å². The number of unbranched alkanes of at least 4 members (excludes halogenated alkanes) is 9. The molecule has 0 aliphatic carbocycles. The lowest BCUT2D eigenvalue weighted by atomic mass is 10.0. The average Bonchev–Trinajstić information content (AvgIpc) is 2.75. The zero-order valence-corrected chi connectivity index (χ0v) is 20.0. The molecule has 0 saturated carbocycles. The number of nitrogens with zero attached hydrogens (tertiary/aromatic N) is 1. The van der Waals surface area contributed by atoms with Crippen molar-refractivity contribution in [2.45, 2.75) is 89.4 Å². The normalized spacial score (nSPS) is 14.9. The maximum absolute atomic E-state index is 11.3. The molecule has 1 aliphatic rings. The maximum Gasteiger partial charge on any atom is 0.294 e. The summed E-state index contributed by atoms with van der Waals surface area (Å²) in [5.41, 5.74) is 0.726. The molecule has 30 heavy (non-hydrogen) atoms. The van der Waals surface area contributed by atoms with Crippen LogP contribution in [0.25, 0.3) is 0 Å². The Bertz CT molecular complexity index is 642. The fourth-order valence-electron chi connectivity index (χ4n) is 3.68. The second-order valence-corrected chi connectivity index (χ2v) is 9.45. The van der Waals surface area contributed by atoms with Gasteiger partial charge < -0.3 is 4.74 Å². The van der Waals surface area contributed by atoms with Gasteiger partial charge in [0.1, 0.15) is 0 Å². The first-order chi connectivity index (χ1) is 14.5. The van der Waals surface area contributed by atoms with Crippen LogP contribution in [0.3, 0.4) is 0 Å². The second-order valence-electron chi connectivity index (χ2n) is 8.06. The van der Waals surface area contributed by atoms with Gasteiger partial charge in [0, 0.05) is 13.1 Å². The van der Waals surface area contributed by atoms with E-state index in [0.29, 0.717) is 6.42 Å². The number of benzene rings is 1. The van der Waals surface area contributed by atoms with Gasteiger partial charge in [-0.15, -0.1) is 0 Å². The highest BCUT2D eigenvalue weighted by Gasteiger charge is 2.13. The number of aryl methyl sites for hydroxylation is 1. The van der Waals surface area contributed by atoms with Crippen molar-refractivity contribution in [2.24, 2.45) is 0 Å². The van der Waals surface area contributed by atoms with Crippen LogP contribution in [0.1, 0.15) is 83.6 Å². The minimum absolute atomic E-state index is 0.0610. The van der Waals surface area contributed by atoms with Crippen molar-refractivity contribution in [3.63, 3.8) is 0 Å². The van der Waals surface area contributed by atoms with E-state index in [-0.39, 0.29) is 4.90 Å². The van der Waals surface area contributed by atoms with E-state index in [1.165, 1.54) is 64.0 Å². The Labute approximate surface area is 185 Å². The third-order valence-electron chi connectivity index (χ3n) is 5.60. The van der Waals surface area contributed by atoms with Gasteiger partial charge in [0.25, 0.3) is 10.1 Å². The molecule has 0 spiro atoms. The summed E-state index contributed by atoms with van der Waals surface area (Å²) in [5, 5.41) is 0. The highest BCUT2D eigenvalue weighted by molar-refractivity contribution is 7.85. The molecule has 1 fully saturated rings. The first-order valence-corrected chi connectivity index (χ1v) is 13.3. The van der Waals surface area contributed by atoms with Crippen LogP contribution in [0, 0.1) is 0 Å². The predicted molar refractivity (Wildman–Crippen MR) is 125 cm³/mol. The third-order valence-corrected chi connectivity index (χ3v) is 6.56. The molecule has 0 bridgehead atoms. The van der Waals surface area contributed by atoms with Gasteiger partial charge in [-0.1, -0.05) is 89.8 Å². The van der Waals surface area contributed by atoms with Crippen molar-refractivity contribution in [2.75, 3.05) is 32.8 Å². The van der Waals surface area contributed by atoms with Gasteiger partial charge in [0.2, 0.25) is 0 Å². The number of hydrogen-bond acceptors (Lipinski definition) is 4. The standard InChI is InChI=1S/C18H30O3S.C6H13NO/c1-2-3-4-5-6-7-8-9-10-11-14-17-15-12-13-16-18(17)22(19,20)21;1-2-7-3-5-8-6-4-7/h12-13,15-16H,2-11,14H2,1H3,(H,19,20,21);2-6H2,1H3. The van der Waals surface area contributed by atoms with E-state index in [0.717, 1.165) is 44.7 Å². The van der Waals surface area contributed by atoms with Crippen LogP contribution in [-0.2, 0) is 21.3 Å². The lowest BCUT2D eigenvalue weighted by molar-refractivity contribution is 0.0405. The third kappa shape index (κ3) is 12.7. The van der Waals surface area contributed by atoms with Crippen molar-refractivity contribution in [1.29, 1.82) is 0 Å². The second kappa shape index (κ2) is 16.7. The molecule has 2 rings (SSSR count). The number of hydrogen-bond donors (Lipinski definition) is 1. The monoisotopic (exact) mass is 441 g/mol. The Kier molecular flexibility index (Phi) is 15.1. The van der Waals surface area contributed by atoms with Crippen molar-refractivity contribution < 1.29 is 17.7 Å². The van der Waals surface area contributed by atoms with E-state index in [9.17, 15) is 13.0 Å². The summed E-state index contributed by atoms with van der Waals surface area (Å²) in [7, 11) is -4.10. The predicted octanol–water partition coefficient (Wildman–Crippen LogP) is 5.74. The highest BCUT2D eigenvalue weighted by Crippen LogP contribution is 2.18. The Hall–Kier alpha value is -0.950. The molecular formula is C24H43NO4S. The van der Waals surface area contributed by atoms with Crippen LogP contribution in [0.5, 0.6) is 0 Å². The van der Waals surface area contributed by atoms with Gasteiger partial charge in [-0.2, -0.15) is 8.42 Å². The molecule has 1 saturated heterocycles. The number of rotatable bonds is 13. The topological polar surface area (TPSA) is 66.8 Å². The van der Waals surface area contributed by atoms with Gasteiger partial charge in [0.15, 0.2) is 0 Å². The fraction of sp³-hybridized carbons (Fsp3) is 0.750. The molecule has 0 atom stereocenters. The SMILES string of the molecule is CCCCCCCCCCCCc1ccccc1S(=O)(=O)O.CCN1CCOCC1. The van der Waals surface area contributed by atoms with Crippen LogP contribution in [0.15, 0.2) is 29.2 Å².